The molecule has 0 fully saturated rings. The van der Waals surface area contributed by atoms with Gasteiger partial charge in [-0.2, -0.15) is 0 Å². The summed E-state index contributed by atoms with van der Waals surface area (Å²) in [5.74, 6) is 0.480. The maximum Gasteiger partial charge on any atom is 0.0576 e. The van der Waals surface area contributed by atoms with E-state index in [2.05, 4.69) is 15.9 Å². The van der Waals surface area contributed by atoms with Gasteiger partial charge < -0.3 is 5.73 Å². The van der Waals surface area contributed by atoms with E-state index in [-0.39, 0.29) is 0 Å². The molecule has 19 heavy (non-hydrogen) atoms. The van der Waals surface area contributed by atoms with Gasteiger partial charge in [0.1, 0.15) is 0 Å². The maximum atomic E-state index is 12.5. The van der Waals surface area contributed by atoms with Crippen LogP contribution in [0.4, 0.5) is 5.69 Å². The summed E-state index contributed by atoms with van der Waals surface area (Å²) < 4.78 is 13.4. The molecular weight excluding hydrogens is 322 g/mol. The van der Waals surface area contributed by atoms with E-state index in [9.17, 15) is 4.21 Å². The van der Waals surface area contributed by atoms with Crippen LogP contribution in [-0.2, 0) is 16.6 Å². The summed E-state index contributed by atoms with van der Waals surface area (Å²) in [6.07, 6.45) is 0. The summed E-state index contributed by atoms with van der Waals surface area (Å²) in [5.41, 5.74) is 9.65. The predicted octanol–water partition coefficient (Wildman–Crippen LogP) is 3.96. The third-order valence-electron chi connectivity index (χ3n) is 2.87. The van der Waals surface area contributed by atoms with Gasteiger partial charge in [0, 0.05) is 15.1 Å². The van der Waals surface area contributed by atoms with E-state index in [4.69, 9.17) is 5.73 Å². The van der Waals surface area contributed by atoms with Crippen LogP contribution in [0.1, 0.15) is 16.7 Å². The first kappa shape index (κ1) is 14.3. The Kier molecular flexibility index (Phi) is 4.42. The lowest BCUT2D eigenvalue weighted by Crippen LogP contribution is -2.00. The summed E-state index contributed by atoms with van der Waals surface area (Å²) >= 11 is 3.41. The van der Waals surface area contributed by atoms with Crippen LogP contribution in [0, 0.1) is 13.8 Å². The van der Waals surface area contributed by atoms with Crippen molar-refractivity contribution in [2.75, 3.05) is 5.73 Å². The van der Waals surface area contributed by atoms with Crippen molar-refractivity contribution in [1.82, 2.24) is 0 Å². The van der Waals surface area contributed by atoms with Gasteiger partial charge in [0.2, 0.25) is 0 Å². The Morgan fingerprint density at radius 3 is 2.58 bits per heavy atom. The molecule has 2 rings (SSSR count). The molecule has 2 aromatic carbocycles. The molecule has 100 valence electrons. The van der Waals surface area contributed by atoms with Gasteiger partial charge in [-0.15, -0.1) is 0 Å². The second-order valence-corrected chi connectivity index (χ2v) is 6.99. The Morgan fingerprint density at radius 1 is 1.16 bits per heavy atom. The van der Waals surface area contributed by atoms with E-state index in [1.54, 1.807) is 0 Å². The molecule has 0 heterocycles. The lowest BCUT2D eigenvalue weighted by atomic mass is 10.2. The second kappa shape index (κ2) is 5.88. The molecule has 0 saturated heterocycles. The van der Waals surface area contributed by atoms with E-state index < -0.39 is 10.8 Å². The van der Waals surface area contributed by atoms with E-state index in [1.165, 1.54) is 0 Å². The number of hydrogen-bond donors (Lipinski definition) is 1. The van der Waals surface area contributed by atoms with Crippen LogP contribution in [0.5, 0.6) is 0 Å². The van der Waals surface area contributed by atoms with Crippen LogP contribution in [0.2, 0.25) is 0 Å². The summed E-state index contributed by atoms with van der Waals surface area (Å²) in [6.45, 7) is 4.00. The fourth-order valence-electron chi connectivity index (χ4n) is 1.94. The van der Waals surface area contributed by atoms with E-state index in [0.717, 1.165) is 26.1 Å². The summed E-state index contributed by atoms with van der Waals surface area (Å²) in [5, 5.41) is 0. The molecule has 1 atom stereocenters. The smallest absolute Gasteiger partial charge is 0.0576 e. The number of hydrogen-bond acceptors (Lipinski definition) is 2. The molecule has 0 spiro atoms. The lowest BCUT2D eigenvalue weighted by molar-refractivity contribution is 0.682. The minimum atomic E-state index is -1.05. The standard InChI is InChI=1S/C15H16BrNOS/c1-10-3-4-11(2)15(5-10)19(18)9-12-6-13(16)8-14(17)7-12/h3-8H,9,17H2,1-2H3. The lowest BCUT2D eigenvalue weighted by Gasteiger charge is -2.08. The van der Waals surface area contributed by atoms with Gasteiger partial charge >= 0.3 is 0 Å². The molecule has 0 aliphatic carbocycles. The molecule has 0 amide bonds. The fourth-order valence-corrected chi connectivity index (χ4v) is 3.87. The number of anilines is 1. The van der Waals surface area contributed by atoms with Crippen molar-refractivity contribution in [2.45, 2.75) is 24.5 Å². The highest BCUT2D eigenvalue weighted by molar-refractivity contribution is 9.10. The van der Waals surface area contributed by atoms with Crippen molar-refractivity contribution >= 4 is 32.4 Å². The Bertz CT molecular complexity index is 620. The number of nitrogen functional groups attached to an aromatic ring is 1. The fraction of sp³-hybridized carbons (Fsp3) is 0.200. The quantitative estimate of drug-likeness (QED) is 0.861. The highest BCUT2D eigenvalue weighted by atomic mass is 79.9. The van der Waals surface area contributed by atoms with Crippen molar-refractivity contribution < 1.29 is 4.21 Å². The first-order valence-electron chi connectivity index (χ1n) is 5.96. The molecular formula is C15H16BrNOS. The summed E-state index contributed by atoms with van der Waals surface area (Å²) in [4.78, 5) is 0.901. The number of nitrogens with two attached hydrogens (primary N) is 1. The third kappa shape index (κ3) is 3.67. The van der Waals surface area contributed by atoms with Gasteiger partial charge in [0.05, 0.1) is 16.6 Å². The average Bonchev–Trinajstić information content (AvgIpc) is 2.30. The van der Waals surface area contributed by atoms with Crippen molar-refractivity contribution in [3.05, 3.63) is 57.6 Å². The zero-order valence-corrected chi connectivity index (χ0v) is 13.3. The molecule has 0 aliphatic heterocycles. The largest absolute Gasteiger partial charge is 0.399 e. The first-order valence-corrected chi connectivity index (χ1v) is 8.07. The zero-order valence-electron chi connectivity index (χ0n) is 10.9. The predicted molar refractivity (Wildman–Crippen MR) is 84.6 cm³/mol. The van der Waals surface area contributed by atoms with Crippen molar-refractivity contribution in [3.63, 3.8) is 0 Å². The molecule has 0 aliphatic rings. The molecule has 0 bridgehead atoms. The highest BCUT2D eigenvalue weighted by Crippen LogP contribution is 2.22. The number of halogens is 1. The van der Waals surface area contributed by atoms with Gasteiger partial charge in [-0.1, -0.05) is 28.1 Å². The van der Waals surface area contributed by atoms with Crippen molar-refractivity contribution in [3.8, 4) is 0 Å². The van der Waals surface area contributed by atoms with Gasteiger partial charge in [-0.25, -0.2) is 0 Å². The molecule has 1 unspecified atom stereocenters. The van der Waals surface area contributed by atoms with Crippen LogP contribution < -0.4 is 5.73 Å². The van der Waals surface area contributed by atoms with Gasteiger partial charge in [-0.05, 0) is 54.8 Å². The Morgan fingerprint density at radius 2 is 1.89 bits per heavy atom. The van der Waals surface area contributed by atoms with Crippen LogP contribution in [0.3, 0.4) is 0 Å². The summed E-state index contributed by atoms with van der Waals surface area (Å²) in [6, 6.07) is 11.7. The number of rotatable bonds is 3. The Balaban J connectivity index is 2.28. The van der Waals surface area contributed by atoms with Gasteiger partial charge in [-0.3, -0.25) is 4.21 Å². The maximum absolute atomic E-state index is 12.5. The SMILES string of the molecule is Cc1ccc(C)c(S(=O)Cc2cc(N)cc(Br)c2)c1. The number of benzene rings is 2. The van der Waals surface area contributed by atoms with Gasteiger partial charge in [0.15, 0.2) is 0 Å². The third-order valence-corrected chi connectivity index (χ3v) is 4.85. The molecule has 2 nitrogen and oxygen atoms in total. The monoisotopic (exact) mass is 337 g/mol. The molecule has 4 heteroatoms. The minimum absolute atomic E-state index is 0.480. The summed E-state index contributed by atoms with van der Waals surface area (Å²) in [7, 11) is -1.05. The normalized spacial score (nSPS) is 12.4. The van der Waals surface area contributed by atoms with Crippen LogP contribution >= 0.6 is 15.9 Å². The molecule has 0 saturated carbocycles. The van der Waals surface area contributed by atoms with E-state index in [1.807, 2.05) is 50.2 Å². The van der Waals surface area contributed by atoms with Crippen LogP contribution in [0.15, 0.2) is 45.8 Å². The first-order chi connectivity index (χ1) is 8.95. The molecule has 2 N–H and O–H groups in total. The topological polar surface area (TPSA) is 43.1 Å². The van der Waals surface area contributed by atoms with E-state index >= 15 is 0 Å². The number of aryl methyl sites for hydroxylation is 2. The molecule has 2 aromatic rings. The second-order valence-electron chi connectivity index (χ2n) is 4.65. The molecule has 0 radical (unpaired) electrons. The van der Waals surface area contributed by atoms with E-state index in [0.29, 0.717) is 11.4 Å². The van der Waals surface area contributed by atoms with Crippen LogP contribution in [0.25, 0.3) is 0 Å². The zero-order chi connectivity index (χ0) is 14.0. The van der Waals surface area contributed by atoms with Crippen molar-refractivity contribution in [1.29, 1.82) is 0 Å². The van der Waals surface area contributed by atoms with Crippen LogP contribution in [-0.4, -0.2) is 4.21 Å². The van der Waals surface area contributed by atoms with Gasteiger partial charge in [0.25, 0.3) is 0 Å². The Hall–Kier alpha value is -1.13. The minimum Gasteiger partial charge on any atom is -0.399 e. The average molecular weight is 338 g/mol. The highest BCUT2D eigenvalue weighted by Gasteiger charge is 2.09. The Labute approximate surface area is 124 Å². The van der Waals surface area contributed by atoms with Crippen molar-refractivity contribution in [2.24, 2.45) is 0 Å². The molecule has 0 aromatic heterocycles.